The molecule has 0 spiro atoms. The molecule has 0 fully saturated rings. The van der Waals surface area contributed by atoms with Crippen molar-refractivity contribution < 1.29 is 5.11 Å². The first-order valence-electron chi connectivity index (χ1n) is 7.53. The molecule has 0 radical (unpaired) electrons. The minimum atomic E-state index is -0.150. The topological polar surface area (TPSA) is 46.0 Å². The summed E-state index contributed by atoms with van der Waals surface area (Å²) in [7, 11) is 0. The van der Waals surface area contributed by atoms with Gasteiger partial charge in [0.25, 0.3) is 0 Å². The molecule has 1 aromatic heterocycles. The predicted octanol–water partition coefficient (Wildman–Crippen LogP) is 5.62. The summed E-state index contributed by atoms with van der Waals surface area (Å²) in [4.78, 5) is 8.98. The van der Waals surface area contributed by atoms with Crippen LogP contribution in [0.25, 0.3) is 11.3 Å². The molecule has 5 heteroatoms. The van der Waals surface area contributed by atoms with Crippen LogP contribution in [0, 0.1) is 6.92 Å². The monoisotopic (exact) mass is 358 g/mol. The lowest BCUT2D eigenvalue weighted by atomic mass is 9.97. The highest BCUT2D eigenvalue weighted by Gasteiger charge is 2.17. The maximum atomic E-state index is 10.2. The van der Waals surface area contributed by atoms with Gasteiger partial charge in [0.1, 0.15) is 11.6 Å². The molecule has 2 aromatic carbocycles. The number of halogens is 2. The first-order valence-corrected chi connectivity index (χ1v) is 8.29. The second-order valence-corrected chi connectivity index (χ2v) is 6.55. The summed E-state index contributed by atoms with van der Waals surface area (Å²) < 4.78 is 0. The molecule has 1 atom stereocenters. The van der Waals surface area contributed by atoms with Gasteiger partial charge < -0.3 is 5.11 Å². The van der Waals surface area contributed by atoms with Crippen molar-refractivity contribution in [1.82, 2.24) is 9.97 Å². The number of phenols is 1. The largest absolute Gasteiger partial charge is 0.508 e. The van der Waals surface area contributed by atoms with Crippen LogP contribution in [0.3, 0.4) is 0 Å². The Kier molecular flexibility index (Phi) is 4.74. The molecule has 3 aromatic rings. The van der Waals surface area contributed by atoms with Gasteiger partial charge in [-0.05, 0) is 42.8 Å². The molecular formula is C19H16Cl2N2O. The Morgan fingerprint density at radius 3 is 2.58 bits per heavy atom. The Bertz CT molecular complexity index is 896. The van der Waals surface area contributed by atoms with Crippen LogP contribution in [0.4, 0.5) is 0 Å². The predicted molar refractivity (Wildman–Crippen MR) is 97.8 cm³/mol. The molecule has 1 N–H and O–H groups in total. The second kappa shape index (κ2) is 6.80. The summed E-state index contributed by atoms with van der Waals surface area (Å²) in [6.45, 7) is 3.90. The van der Waals surface area contributed by atoms with Crippen LogP contribution >= 0.6 is 23.2 Å². The maximum absolute atomic E-state index is 10.2. The molecule has 0 bridgehead atoms. The summed E-state index contributed by atoms with van der Waals surface area (Å²) in [5.74, 6) is 0.712. The number of rotatable bonds is 3. The van der Waals surface area contributed by atoms with Crippen molar-refractivity contribution >= 4 is 23.2 Å². The fraction of sp³-hybridized carbons (Fsp3) is 0.158. The molecule has 0 aliphatic carbocycles. The van der Waals surface area contributed by atoms with Gasteiger partial charge in [0.2, 0.25) is 0 Å². The molecule has 24 heavy (non-hydrogen) atoms. The zero-order valence-corrected chi connectivity index (χ0v) is 14.8. The van der Waals surface area contributed by atoms with Crippen molar-refractivity contribution in [3.8, 4) is 17.0 Å². The minimum Gasteiger partial charge on any atom is -0.508 e. The van der Waals surface area contributed by atoms with E-state index < -0.39 is 0 Å². The fourth-order valence-corrected chi connectivity index (χ4v) is 2.97. The second-order valence-electron chi connectivity index (χ2n) is 5.71. The first kappa shape index (κ1) is 16.7. The lowest BCUT2D eigenvalue weighted by Gasteiger charge is -2.14. The highest BCUT2D eigenvalue weighted by Crippen LogP contribution is 2.33. The van der Waals surface area contributed by atoms with E-state index in [1.165, 1.54) is 0 Å². The Balaban J connectivity index is 2.02. The number of benzene rings is 2. The third-order valence-corrected chi connectivity index (χ3v) is 4.48. The standard InChI is InChI=1S/C19H16Cl2N2O/c1-11-3-5-14(18(24)9-11)12(2)19-22-8-7-17(23-19)15-10-13(20)4-6-16(15)21/h3-10,12,24H,1-2H3. The number of hydrogen-bond acceptors (Lipinski definition) is 3. The molecule has 1 unspecified atom stereocenters. The highest BCUT2D eigenvalue weighted by atomic mass is 35.5. The van der Waals surface area contributed by atoms with Crippen LogP contribution < -0.4 is 0 Å². The fourth-order valence-electron chi connectivity index (χ4n) is 2.59. The lowest BCUT2D eigenvalue weighted by molar-refractivity contribution is 0.464. The maximum Gasteiger partial charge on any atom is 0.136 e. The van der Waals surface area contributed by atoms with Crippen LogP contribution in [0.5, 0.6) is 5.75 Å². The highest BCUT2D eigenvalue weighted by molar-refractivity contribution is 6.35. The molecule has 0 saturated carbocycles. The quantitative estimate of drug-likeness (QED) is 0.661. The van der Waals surface area contributed by atoms with E-state index in [2.05, 4.69) is 9.97 Å². The third-order valence-electron chi connectivity index (χ3n) is 3.92. The van der Waals surface area contributed by atoms with Gasteiger partial charge >= 0.3 is 0 Å². The molecule has 122 valence electrons. The number of hydrogen-bond donors (Lipinski definition) is 1. The number of aromatic nitrogens is 2. The smallest absolute Gasteiger partial charge is 0.136 e. The first-order chi connectivity index (χ1) is 11.5. The van der Waals surface area contributed by atoms with Crippen molar-refractivity contribution in [3.63, 3.8) is 0 Å². The van der Waals surface area contributed by atoms with E-state index in [4.69, 9.17) is 23.2 Å². The normalized spacial score (nSPS) is 12.2. The van der Waals surface area contributed by atoms with E-state index in [-0.39, 0.29) is 11.7 Å². The van der Waals surface area contributed by atoms with Gasteiger partial charge in [-0.15, -0.1) is 0 Å². The summed E-state index contributed by atoms with van der Waals surface area (Å²) in [6.07, 6.45) is 1.69. The zero-order chi connectivity index (χ0) is 17.3. The average Bonchev–Trinajstić information content (AvgIpc) is 2.56. The van der Waals surface area contributed by atoms with Gasteiger partial charge in [-0.2, -0.15) is 0 Å². The molecule has 0 aliphatic rings. The number of phenolic OH excluding ortho intramolecular Hbond substituents is 1. The molecule has 0 amide bonds. The molecule has 3 nitrogen and oxygen atoms in total. The molecular weight excluding hydrogens is 343 g/mol. The Labute approximate surface area is 150 Å². The summed E-state index contributed by atoms with van der Waals surface area (Å²) in [6, 6.07) is 12.7. The van der Waals surface area contributed by atoms with Crippen LogP contribution in [0.15, 0.2) is 48.7 Å². The summed E-state index contributed by atoms with van der Waals surface area (Å²) >= 11 is 12.3. The van der Waals surface area contributed by atoms with Crippen molar-refractivity contribution in [3.05, 3.63) is 75.7 Å². The van der Waals surface area contributed by atoms with Crippen molar-refractivity contribution in [1.29, 1.82) is 0 Å². The van der Waals surface area contributed by atoms with E-state index >= 15 is 0 Å². The number of aryl methyl sites for hydroxylation is 1. The van der Waals surface area contributed by atoms with Crippen LogP contribution in [-0.2, 0) is 0 Å². The van der Waals surface area contributed by atoms with Crippen LogP contribution in [0.1, 0.15) is 29.8 Å². The van der Waals surface area contributed by atoms with Gasteiger partial charge in [-0.25, -0.2) is 9.97 Å². The van der Waals surface area contributed by atoms with Gasteiger partial charge in [-0.1, -0.05) is 42.3 Å². The van der Waals surface area contributed by atoms with Gasteiger partial charge in [0, 0.05) is 28.3 Å². The van der Waals surface area contributed by atoms with Crippen LogP contribution in [0.2, 0.25) is 10.0 Å². The third kappa shape index (κ3) is 3.37. The summed E-state index contributed by atoms with van der Waals surface area (Å²) in [5.41, 5.74) is 3.25. The molecule has 0 aliphatic heterocycles. The minimum absolute atomic E-state index is 0.150. The van der Waals surface area contributed by atoms with E-state index in [0.717, 1.165) is 16.7 Å². The van der Waals surface area contributed by atoms with Crippen LogP contribution in [-0.4, -0.2) is 15.1 Å². The SMILES string of the molecule is Cc1ccc(C(C)c2nccc(-c3cc(Cl)ccc3Cl)n2)c(O)c1. The van der Waals surface area contributed by atoms with Crippen molar-refractivity contribution in [2.24, 2.45) is 0 Å². The Hall–Kier alpha value is -2.10. The number of aromatic hydroxyl groups is 1. The van der Waals surface area contributed by atoms with Gasteiger partial charge in [0.05, 0.1) is 10.7 Å². The lowest BCUT2D eigenvalue weighted by Crippen LogP contribution is -2.04. The Morgan fingerprint density at radius 1 is 1.04 bits per heavy atom. The summed E-state index contributed by atoms with van der Waals surface area (Å²) in [5, 5.41) is 11.4. The molecule has 3 rings (SSSR count). The number of nitrogens with zero attached hydrogens (tertiary/aromatic N) is 2. The molecule has 0 saturated heterocycles. The van der Waals surface area contributed by atoms with E-state index in [9.17, 15) is 5.11 Å². The van der Waals surface area contributed by atoms with Crippen molar-refractivity contribution in [2.45, 2.75) is 19.8 Å². The zero-order valence-electron chi connectivity index (χ0n) is 13.3. The van der Waals surface area contributed by atoms with Crippen molar-refractivity contribution in [2.75, 3.05) is 0 Å². The Morgan fingerprint density at radius 2 is 1.83 bits per heavy atom. The van der Waals surface area contributed by atoms with E-state index in [1.54, 1.807) is 36.5 Å². The average molecular weight is 359 g/mol. The van der Waals surface area contributed by atoms with Gasteiger partial charge in [-0.3, -0.25) is 0 Å². The molecule has 1 heterocycles. The van der Waals surface area contributed by atoms with E-state index in [0.29, 0.717) is 21.6 Å². The van der Waals surface area contributed by atoms with Gasteiger partial charge in [0.15, 0.2) is 0 Å². The van der Waals surface area contributed by atoms with E-state index in [1.807, 2.05) is 26.0 Å².